The van der Waals surface area contributed by atoms with Gasteiger partial charge in [-0.1, -0.05) is 108 Å². The second kappa shape index (κ2) is 13.0. The van der Waals surface area contributed by atoms with Crippen LogP contribution in [0.15, 0.2) is 128 Å². The Bertz CT molecular complexity index is 1960. The average Bonchev–Trinajstić information content (AvgIpc) is 3.51. The van der Waals surface area contributed by atoms with Crippen LogP contribution in [0.2, 0.25) is 10.0 Å². The maximum absolute atomic E-state index is 13.1. The van der Waals surface area contributed by atoms with Crippen molar-refractivity contribution in [2.24, 2.45) is 5.73 Å². The summed E-state index contributed by atoms with van der Waals surface area (Å²) >= 11 is 12.6. The molecule has 2 heterocycles. The third kappa shape index (κ3) is 5.76. The van der Waals surface area contributed by atoms with Gasteiger partial charge in [0.2, 0.25) is 0 Å². The minimum absolute atomic E-state index is 0.0181. The molecule has 230 valence electrons. The highest BCUT2D eigenvalue weighted by Crippen LogP contribution is 2.40. The van der Waals surface area contributed by atoms with Crippen molar-refractivity contribution in [1.82, 2.24) is 14.9 Å². The molecule has 0 spiro atoms. The number of hydrogen-bond donors (Lipinski definition) is 2. The maximum Gasteiger partial charge on any atom is 0.250 e. The van der Waals surface area contributed by atoms with E-state index in [1.165, 1.54) is 5.56 Å². The Kier molecular flexibility index (Phi) is 8.50. The number of fused-ring (bicyclic) bond motifs is 1. The number of rotatable bonds is 8. The first kappa shape index (κ1) is 30.1. The smallest absolute Gasteiger partial charge is 0.250 e. The molecule has 3 unspecified atom stereocenters. The van der Waals surface area contributed by atoms with Crippen LogP contribution in [0.25, 0.3) is 11.0 Å². The van der Waals surface area contributed by atoms with E-state index in [-0.39, 0.29) is 18.0 Å². The zero-order valence-electron chi connectivity index (χ0n) is 25.1. The number of nitrogens with one attached hydrogen (secondary N) is 1. The normalized spacial score (nSPS) is 16.3. The summed E-state index contributed by atoms with van der Waals surface area (Å²) in [6.07, 6.45) is 1.87. The van der Waals surface area contributed by atoms with E-state index in [4.69, 9.17) is 33.9 Å². The fraction of sp³-hybridized carbons (Fsp3) is 0.158. The van der Waals surface area contributed by atoms with Crippen molar-refractivity contribution in [3.05, 3.63) is 166 Å². The third-order valence-electron chi connectivity index (χ3n) is 8.91. The zero-order chi connectivity index (χ0) is 31.6. The first-order chi connectivity index (χ1) is 22.5. The second-order valence-corrected chi connectivity index (χ2v) is 12.5. The molecule has 1 saturated heterocycles. The van der Waals surface area contributed by atoms with Gasteiger partial charge in [-0.3, -0.25) is 4.79 Å². The molecule has 0 aliphatic carbocycles. The molecule has 6 nitrogen and oxygen atoms in total. The van der Waals surface area contributed by atoms with Gasteiger partial charge in [-0.2, -0.15) is 0 Å². The minimum atomic E-state index is -0.483. The average molecular weight is 647 g/mol. The van der Waals surface area contributed by atoms with E-state index in [2.05, 4.69) is 63.3 Å². The van der Waals surface area contributed by atoms with Crippen LogP contribution >= 0.6 is 23.2 Å². The maximum atomic E-state index is 13.1. The topological polar surface area (TPSA) is 76.2 Å². The fourth-order valence-electron chi connectivity index (χ4n) is 6.84. The van der Waals surface area contributed by atoms with Crippen molar-refractivity contribution in [2.75, 3.05) is 24.5 Å². The summed E-state index contributed by atoms with van der Waals surface area (Å²) in [5, 5.41) is 4.98. The number of carbonyl (C=O) groups excluding carboxylic acids is 1. The summed E-state index contributed by atoms with van der Waals surface area (Å²) in [7, 11) is 0. The van der Waals surface area contributed by atoms with Gasteiger partial charge in [0.25, 0.3) is 5.91 Å². The van der Waals surface area contributed by atoms with Crippen molar-refractivity contribution in [2.45, 2.75) is 18.0 Å². The van der Waals surface area contributed by atoms with E-state index in [1.54, 1.807) is 0 Å². The molecule has 3 N–H and O–H groups in total. The van der Waals surface area contributed by atoms with Crippen LogP contribution in [0, 0.1) is 0 Å². The summed E-state index contributed by atoms with van der Waals surface area (Å²) in [5.74, 6) is -0.501. The van der Waals surface area contributed by atoms with Crippen molar-refractivity contribution in [1.29, 1.82) is 0 Å². The summed E-state index contributed by atoms with van der Waals surface area (Å²) in [5.41, 5.74) is 13.4. The van der Waals surface area contributed by atoms with Crippen LogP contribution < -0.4 is 16.0 Å². The molecule has 1 aliphatic rings. The van der Waals surface area contributed by atoms with Gasteiger partial charge >= 0.3 is 0 Å². The first-order valence-corrected chi connectivity index (χ1v) is 16.1. The van der Waals surface area contributed by atoms with Crippen molar-refractivity contribution < 1.29 is 4.79 Å². The summed E-state index contributed by atoms with van der Waals surface area (Å²) in [6.45, 7) is 2.13. The Morgan fingerprint density at radius 1 is 0.761 bits per heavy atom. The Morgan fingerprint density at radius 2 is 1.33 bits per heavy atom. The highest BCUT2D eigenvalue weighted by atomic mass is 35.5. The van der Waals surface area contributed by atoms with E-state index in [9.17, 15) is 4.79 Å². The first-order valence-electron chi connectivity index (χ1n) is 15.4. The molecule has 0 saturated carbocycles. The molecule has 0 radical (unpaired) electrons. The van der Waals surface area contributed by atoms with Gasteiger partial charge in [-0.05, 0) is 58.7 Å². The molecule has 1 aliphatic heterocycles. The van der Waals surface area contributed by atoms with Gasteiger partial charge in [0.15, 0.2) is 0 Å². The quantitative estimate of drug-likeness (QED) is 0.178. The number of nitrogens with two attached hydrogens (primary N) is 1. The third-order valence-corrected chi connectivity index (χ3v) is 9.41. The highest BCUT2D eigenvalue weighted by Gasteiger charge is 2.36. The number of imidazole rings is 1. The van der Waals surface area contributed by atoms with Gasteiger partial charge < -0.3 is 20.5 Å². The molecular formula is C38H33Cl2N5O. The van der Waals surface area contributed by atoms with Gasteiger partial charge in [0.1, 0.15) is 5.52 Å². The van der Waals surface area contributed by atoms with Crippen LogP contribution in [0.1, 0.15) is 44.6 Å². The lowest BCUT2D eigenvalue weighted by atomic mass is 9.83. The number of primary amides is 1. The predicted molar refractivity (Wildman–Crippen MR) is 187 cm³/mol. The highest BCUT2D eigenvalue weighted by molar-refractivity contribution is 6.30. The number of anilines is 1. The van der Waals surface area contributed by atoms with Crippen LogP contribution in [-0.2, 0) is 0 Å². The van der Waals surface area contributed by atoms with Crippen LogP contribution in [0.5, 0.6) is 0 Å². The molecule has 1 aromatic heterocycles. The number of amides is 1. The van der Waals surface area contributed by atoms with Crippen LogP contribution in [0.3, 0.4) is 0 Å². The van der Waals surface area contributed by atoms with Gasteiger partial charge in [-0.15, -0.1) is 0 Å². The lowest BCUT2D eigenvalue weighted by Gasteiger charge is -2.43. The van der Waals surface area contributed by atoms with Crippen LogP contribution in [0.4, 0.5) is 5.69 Å². The van der Waals surface area contributed by atoms with Gasteiger partial charge in [0.05, 0.1) is 35.2 Å². The standard InChI is InChI=1S/C38H33Cl2N5O/c39-29-15-11-26(12-16-29)34(25-7-3-1-4-8-25)33-23-42-21-22-44(33)37-31(38(41)46)19-20-32-35(37)43-24-45(32)36(27-9-5-2-6-10-27)28-13-17-30(40)18-14-28/h1-20,24,33-34,36,42H,21-23H2,(H2,41,46). The van der Waals surface area contributed by atoms with Gasteiger partial charge in [-0.25, -0.2) is 4.98 Å². The number of aromatic nitrogens is 2. The SMILES string of the molecule is NC(=O)c1ccc2c(ncn2C(c2ccccc2)c2ccc(Cl)cc2)c1N1CCNCC1C(c1ccccc1)c1ccc(Cl)cc1. The van der Waals surface area contributed by atoms with Gasteiger partial charge in [0, 0.05) is 35.6 Å². The Labute approximate surface area is 278 Å². The molecule has 5 aromatic carbocycles. The molecule has 0 bridgehead atoms. The molecule has 3 atom stereocenters. The summed E-state index contributed by atoms with van der Waals surface area (Å²) < 4.78 is 2.17. The Hall–Kier alpha value is -4.62. The fourth-order valence-corrected chi connectivity index (χ4v) is 7.10. The van der Waals surface area contributed by atoms with E-state index < -0.39 is 5.91 Å². The number of hydrogen-bond acceptors (Lipinski definition) is 4. The number of piperazine rings is 1. The molecule has 1 fully saturated rings. The zero-order valence-corrected chi connectivity index (χ0v) is 26.6. The van der Waals surface area contributed by atoms with Crippen molar-refractivity contribution in [3.63, 3.8) is 0 Å². The molecule has 8 heteroatoms. The van der Waals surface area contributed by atoms with E-state index in [0.29, 0.717) is 28.7 Å². The molecule has 6 aromatic rings. The molecule has 46 heavy (non-hydrogen) atoms. The second-order valence-electron chi connectivity index (χ2n) is 11.6. The lowest BCUT2D eigenvalue weighted by Crippen LogP contribution is -2.54. The lowest BCUT2D eigenvalue weighted by molar-refractivity contribution is 0.100. The summed E-state index contributed by atoms with van der Waals surface area (Å²) in [4.78, 5) is 20.5. The number of halogens is 2. The van der Waals surface area contributed by atoms with E-state index in [1.807, 2.05) is 79.1 Å². The molecule has 7 rings (SSSR count). The summed E-state index contributed by atoms with van der Waals surface area (Å²) in [6, 6.07) is 40.4. The Balaban J connectivity index is 1.42. The van der Waals surface area contributed by atoms with E-state index in [0.717, 1.165) is 40.0 Å². The van der Waals surface area contributed by atoms with E-state index >= 15 is 0 Å². The number of benzene rings is 5. The minimum Gasteiger partial charge on any atom is -0.366 e. The largest absolute Gasteiger partial charge is 0.366 e. The van der Waals surface area contributed by atoms with Crippen molar-refractivity contribution >= 4 is 45.8 Å². The van der Waals surface area contributed by atoms with Crippen molar-refractivity contribution in [3.8, 4) is 0 Å². The number of carbonyl (C=O) groups is 1. The number of nitrogens with zero attached hydrogens (tertiary/aromatic N) is 3. The molecule has 1 amide bonds. The molecular weight excluding hydrogens is 613 g/mol. The monoisotopic (exact) mass is 645 g/mol. The van der Waals surface area contributed by atoms with Crippen LogP contribution in [-0.4, -0.2) is 41.1 Å². The Morgan fingerprint density at radius 3 is 1.96 bits per heavy atom. The predicted octanol–water partition coefficient (Wildman–Crippen LogP) is 7.69.